The first-order valence-electron chi connectivity index (χ1n) is 7.94. The summed E-state index contributed by atoms with van der Waals surface area (Å²) in [5.41, 5.74) is 1.15. The van der Waals surface area contributed by atoms with Gasteiger partial charge in [-0.3, -0.25) is 9.78 Å². The normalized spacial score (nSPS) is 18.2. The molecule has 0 bridgehead atoms. The van der Waals surface area contributed by atoms with Crippen molar-refractivity contribution in [3.63, 3.8) is 0 Å². The summed E-state index contributed by atoms with van der Waals surface area (Å²) in [5, 5.41) is 4.40. The number of rotatable bonds is 5. The third kappa shape index (κ3) is 4.09. The van der Waals surface area contributed by atoms with Gasteiger partial charge in [-0.05, 0) is 38.1 Å². The monoisotopic (exact) mass is 398 g/mol. The summed E-state index contributed by atoms with van der Waals surface area (Å²) in [6.07, 6.45) is 3.97. The molecule has 1 N–H and O–H groups in total. The lowest BCUT2D eigenvalue weighted by Gasteiger charge is -2.26. The van der Waals surface area contributed by atoms with E-state index in [-0.39, 0.29) is 22.8 Å². The predicted octanol–water partition coefficient (Wildman–Crippen LogP) is 4.97. The highest BCUT2D eigenvalue weighted by Gasteiger charge is 2.30. The number of aromatic nitrogens is 1. The van der Waals surface area contributed by atoms with Gasteiger partial charge in [0.15, 0.2) is 5.78 Å². The molecule has 0 aliphatic carbocycles. The molecule has 2 atom stereocenters. The lowest BCUT2D eigenvalue weighted by molar-refractivity contribution is 0.0997. The van der Waals surface area contributed by atoms with Crippen molar-refractivity contribution < 1.29 is 9.53 Å². The van der Waals surface area contributed by atoms with Crippen LogP contribution in [-0.4, -0.2) is 23.9 Å². The lowest BCUT2D eigenvalue weighted by Crippen LogP contribution is -2.22. The number of hydrogen-bond donors (Lipinski definition) is 1. The molecule has 1 aromatic heterocycles. The Balaban J connectivity index is 2.01. The third-order valence-electron chi connectivity index (χ3n) is 4.24. The zero-order chi connectivity index (χ0) is 18.0. The molecular formula is C18H17Cl3N2O2. The van der Waals surface area contributed by atoms with Gasteiger partial charge in [-0.1, -0.05) is 34.8 Å². The van der Waals surface area contributed by atoms with Gasteiger partial charge in [0.05, 0.1) is 20.6 Å². The molecule has 3 rings (SSSR count). The smallest absolute Gasteiger partial charge is 0.165 e. The van der Waals surface area contributed by atoms with Crippen LogP contribution in [0.1, 0.15) is 35.4 Å². The van der Waals surface area contributed by atoms with Gasteiger partial charge in [0.1, 0.15) is 11.9 Å². The first-order valence-corrected chi connectivity index (χ1v) is 9.07. The van der Waals surface area contributed by atoms with Crippen LogP contribution in [0.15, 0.2) is 30.6 Å². The fourth-order valence-electron chi connectivity index (χ4n) is 3.05. The number of halogens is 3. The molecule has 2 heterocycles. The number of carbonyl (C=O) groups excluding carboxylic acids is 1. The van der Waals surface area contributed by atoms with Crippen molar-refractivity contribution in [1.29, 1.82) is 0 Å². The molecule has 1 unspecified atom stereocenters. The molecule has 2 aromatic rings. The molecule has 4 nitrogen and oxygen atoms in total. The third-order valence-corrected chi connectivity index (χ3v) is 5.25. The van der Waals surface area contributed by atoms with Gasteiger partial charge in [-0.15, -0.1) is 0 Å². The van der Waals surface area contributed by atoms with E-state index >= 15 is 0 Å². The number of nitrogens with one attached hydrogen (secondary N) is 1. The van der Waals surface area contributed by atoms with Gasteiger partial charge in [0.25, 0.3) is 0 Å². The van der Waals surface area contributed by atoms with Crippen molar-refractivity contribution in [3.8, 4) is 5.75 Å². The van der Waals surface area contributed by atoms with Crippen molar-refractivity contribution in [3.05, 3.63) is 56.8 Å². The maximum atomic E-state index is 12.1. The maximum Gasteiger partial charge on any atom is 0.165 e. The van der Waals surface area contributed by atoms with E-state index < -0.39 is 0 Å². The molecule has 1 saturated heterocycles. The Labute approximate surface area is 161 Å². The zero-order valence-electron chi connectivity index (χ0n) is 13.6. The second-order valence-electron chi connectivity index (χ2n) is 6.02. The van der Waals surface area contributed by atoms with Gasteiger partial charge in [-0.2, -0.15) is 0 Å². The van der Waals surface area contributed by atoms with Crippen molar-refractivity contribution in [2.75, 3.05) is 13.1 Å². The maximum absolute atomic E-state index is 12.1. The summed E-state index contributed by atoms with van der Waals surface area (Å²) >= 11 is 18.4. The predicted molar refractivity (Wildman–Crippen MR) is 100 cm³/mol. The average molecular weight is 400 g/mol. The minimum Gasteiger partial charge on any atom is -0.485 e. The summed E-state index contributed by atoms with van der Waals surface area (Å²) in [5.74, 6) is 0.448. The minimum absolute atomic E-state index is 0.199. The van der Waals surface area contributed by atoms with E-state index in [9.17, 15) is 4.79 Å². The molecule has 0 amide bonds. The Bertz CT molecular complexity index is 792. The molecule has 132 valence electrons. The molecule has 1 aromatic carbocycles. The van der Waals surface area contributed by atoms with Crippen LogP contribution in [0.4, 0.5) is 0 Å². The second-order valence-corrected chi connectivity index (χ2v) is 7.24. The Kier molecular flexibility index (Phi) is 5.85. The van der Waals surface area contributed by atoms with Crippen LogP contribution in [0.5, 0.6) is 5.75 Å². The highest BCUT2D eigenvalue weighted by atomic mass is 35.5. The summed E-state index contributed by atoms with van der Waals surface area (Å²) in [4.78, 5) is 16.2. The van der Waals surface area contributed by atoms with E-state index in [1.807, 2.05) is 6.07 Å². The summed E-state index contributed by atoms with van der Waals surface area (Å²) < 4.78 is 6.27. The van der Waals surface area contributed by atoms with E-state index in [2.05, 4.69) is 10.3 Å². The van der Waals surface area contributed by atoms with Gasteiger partial charge >= 0.3 is 0 Å². The SMILES string of the molecule is CC(=O)c1c(O[C@H](c2cncc(Cl)c2)C2CCNC2)ccc(Cl)c1Cl. The first kappa shape index (κ1) is 18.5. The standard InChI is InChI=1S/C18H17Cl3N2O2/c1-10(24)16-15(3-2-14(20)17(16)21)25-18(11-4-5-22-7-11)12-6-13(19)9-23-8-12/h2-3,6,8-9,11,18,22H,4-5,7H2,1H3/t11?,18-/m0/s1. The quantitative estimate of drug-likeness (QED) is 0.721. The van der Waals surface area contributed by atoms with Crippen molar-refractivity contribution in [1.82, 2.24) is 10.3 Å². The van der Waals surface area contributed by atoms with E-state index in [0.29, 0.717) is 21.4 Å². The molecular weight excluding hydrogens is 383 g/mol. The zero-order valence-corrected chi connectivity index (χ0v) is 15.8. The van der Waals surface area contributed by atoms with Crippen LogP contribution in [0, 0.1) is 5.92 Å². The summed E-state index contributed by atoms with van der Waals surface area (Å²) in [6.45, 7) is 3.17. The molecule has 0 radical (unpaired) electrons. The second kappa shape index (κ2) is 7.92. The number of Topliss-reactive ketones (excluding diaryl/α,β-unsaturated/α-hetero) is 1. The number of pyridine rings is 1. The molecule has 1 fully saturated rings. The number of nitrogens with zero attached hydrogens (tertiary/aromatic N) is 1. The highest BCUT2D eigenvalue weighted by molar-refractivity contribution is 6.44. The van der Waals surface area contributed by atoms with Crippen molar-refractivity contribution >= 4 is 40.6 Å². The molecule has 0 spiro atoms. The number of carbonyl (C=O) groups is 1. The summed E-state index contributed by atoms with van der Waals surface area (Å²) in [6, 6.07) is 5.15. The van der Waals surface area contributed by atoms with E-state index in [0.717, 1.165) is 25.1 Å². The van der Waals surface area contributed by atoms with Crippen LogP contribution >= 0.6 is 34.8 Å². The summed E-state index contributed by atoms with van der Waals surface area (Å²) in [7, 11) is 0. The molecule has 25 heavy (non-hydrogen) atoms. The average Bonchev–Trinajstić information content (AvgIpc) is 3.09. The topological polar surface area (TPSA) is 51.2 Å². The lowest BCUT2D eigenvalue weighted by atomic mass is 9.95. The fraction of sp³-hybridized carbons (Fsp3) is 0.333. The Morgan fingerprint density at radius 3 is 2.76 bits per heavy atom. The van der Waals surface area contributed by atoms with Crippen LogP contribution in [-0.2, 0) is 0 Å². The Hall–Kier alpha value is -1.33. The fourth-order valence-corrected chi connectivity index (χ4v) is 3.68. The number of benzene rings is 1. The molecule has 0 saturated carbocycles. The largest absolute Gasteiger partial charge is 0.485 e. The minimum atomic E-state index is -0.295. The van der Waals surface area contributed by atoms with E-state index in [4.69, 9.17) is 39.5 Å². The van der Waals surface area contributed by atoms with Crippen LogP contribution < -0.4 is 10.1 Å². The van der Waals surface area contributed by atoms with Gasteiger partial charge in [-0.25, -0.2) is 0 Å². The van der Waals surface area contributed by atoms with Gasteiger partial charge in [0, 0.05) is 30.4 Å². The van der Waals surface area contributed by atoms with Crippen LogP contribution in [0.25, 0.3) is 0 Å². The van der Waals surface area contributed by atoms with Gasteiger partial charge < -0.3 is 10.1 Å². The van der Waals surface area contributed by atoms with E-state index in [1.165, 1.54) is 6.92 Å². The Morgan fingerprint density at radius 1 is 1.32 bits per heavy atom. The molecule has 1 aliphatic heterocycles. The molecule has 1 aliphatic rings. The van der Waals surface area contributed by atoms with Crippen LogP contribution in [0.3, 0.4) is 0 Å². The molecule has 7 heteroatoms. The first-order chi connectivity index (χ1) is 12.0. The van der Waals surface area contributed by atoms with Gasteiger partial charge in [0.2, 0.25) is 0 Å². The number of hydrogen-bond acceptors (Lipinski definition) is 4. The number of ether oxygens (including phenoxy) is 1. The van der Waals surface area contributed by atoms with Crippen molar-refractivity contribution in [2.24, 2.45) is 5.92 Å². The number of ketones is 1. The van der Waals surface area contributed by atoms with Crippen molar-refractivity contribution in [2.45, 2.75) is 19.4 Å². The van der Waals surface area contributed by atoms with E-state index in [1.54, 1.807) is 24.5 Å². The Morgan fingerprint density at radius 2 is 2.12 bits per heavy atom. The van der Waals surface area contributed by atoms with Crippen LogP contribution in [0.2, 0.25) is 15.1 Å². The highest BCUT2D eigenvalue weighted by Crippen LogP contribution is 2.38.